The summed E-state index contributed by atoms with van der Waals surface area (Å²) < 4.78 is 0. The average Bonchev–Trinajstić information content (AvgIpc) is 3.00. The van der Waals surface area contributed by atoms with Gasteiger partial charge in [-0.25, -0.2) is 0 Å². The van der Waals surface area contributed by atoms with Crippen molar-refractivity contribution < 1.29 is 0 Å². The maximum atomic E-state index is 4.15. The van der Waals surface area contributed by atoms with Gasteiger partial charge in [-0.05, 0) is 61.1 Å². The Balaban J connectivity index is 2.09. The fourth-order valence-electron chi connectivity index (χ4n) is 2.25. The molecule has 0 heterocycles. The van der Waals surface area contributed by atoms with E-state index in [4.69, 9.17) is 0 Å². The Hall–Kier alpha value is -0.780. The summed E-state index contributed by atoms with van der Waals surface area (Å²) in [6.07, 6.45) is 5.60. The monoisotopic (exact) mass is 171 g/mol. The van der Waals surface area contributed by atoms with Crippen LogP contribution >= 0.6 is 0 Å². The third-order valence-corrected chi connectivity index (χ3v) is 3.23. The smallest absolute Gasteiger partial charge is 0.0156 e. The minimum atomic E-state index is 0.865. The van der Waals surface area contributed by atoms with Gasteiger partial charge in [0, 0.05) is 0 Å². The molecule has 0 unspecified atom stereocenters. The predicted molar refractivity (Wildman–Crippen MR) is 54.9 cm³/mol. The van der Waals surface area contributed by atoms with E-state index in [-0.39, 0.29) is 0 Å². The highest BCUT2D eigenvalue weighted by Gasteiger charge is 2.33. The van der Waals surface area contributed by atoms with Crippen LogP contribution in [0.2, 0.25) is 0 Å². The summed E-state index contributed by atoms with van der Waals surface area (Å²) in [4.78, 5) is 0. The molecule has 0 nitrogen and oxygen atoms in total. The van der Waals surface area contributed by atoms with E-state index in [1.807, 2.05) is 0 Å². The molecular weight excluding hydrogens is 156 g/mol. The Morgan fingerprint density at radius 2 is 1.69 bits per heavy atom. The van der Waals surface area contributed by atoms with Gasteiger partial charge >= 0.3 is 0 Å². The first kappa shape index (κ1) is 7.61. The lowest BCUT2D eigenvalue weighted by Crippen LogP contribution is -1.93. The lowest BCUT2D eigenvalue weighted by atomic mass is 9.95. The van der Waals surface area contributed by atoms with Crippen molar-refractivity contribution in [3.63, 3.8) is 0 Å². The standard InChI is InChI=1S/C13H15/c1-9-3-2-4-12(10-5-6-10)13(9)11-7-8-11/h2-4,10-11H,1,5-8H2. The lowest BCUT2D eigenvalue weighted by molar-refractivity contribution is 1.01. The van der Waals surface area contributed by atoms with Crippen LogP contribution in [0, 0.1) is 6.92 Å². The zero-order valence-corrected chi connectivity index (χ0v) is 7.92. The molecule has 0 saturated heterocycles. The number of hydrogen-bond donors (Lipinski definition) is 0. The van der Waals surface area contributed by atoms with Crippen LogP contribution in [0.3, 0.4) is 0 Å². The second-order valence-corrected chi connectivity index (χ2v) is 4.47. The second kappa shape index (κ2) is 2.60. The van der Waals surface area contributed by atoms with Crippen LogP contribution in [0.4, 0.5) is 0 Å². The summed E-state index contributed by atoms with van der Waals surface area (Å²) in [6, 6.07) is 6.65. The van der Waals surface area contributed by atoms with E-state index >= 15 is 0 Å². The van der Waals surface area contributed by atoms with Gasteiger partial charge in [-0.15, -0.1) is 0 Å². The molecular formula is C13H15. The summed E-state index contributed by atoms with van der Waals surface area (Å²) in [5, 5.41) is 0. The fraction of sp³-hybridized carbons (Fsp3) is 0.462. The lowest BCUT2D eigenvalue weighted by Gasteiger charge is -2.10. The van der Waals surface area contributed by atoms with Crippen LogP contribution in [-0.2, 0) is 0 Å². The maximum absolute atomic E-state index is 4.15. The van der Waals surface area contributed by atoms with Gasteiger partial charge in [-0.2, -0.15) is 0 Å². The first-order chi connectivity index (χ1) is 6.36. The van der Waals surface area contributed by atoms with E-state index in [9.17, 15) is 0 Å². The fourth-order valence-corrected chi connectivity index (χ4v) is 2.25. The molecule has 0 amide bonds. The van der Waals surface area contributed by atoms with Gasteiger partial charge in [0.2, 0.25) is 0 Å². The molecule has 0 heteroatoms. The van der Waals surface area contributed by atoms with E-state index in [0.717, 1.165) is 11.8 Å². The summed E-state index contributed by atoms with van der Waals surface area (Å²) in [5.41, 5.74) is 4.51. The second-order valence-electron chi connectivity index (χ2n) is 4.47. The molecule has 2 fully saturated rings. The van der Waals surface area contributed by atoms with Crippen LogP contribution in [0.15, 0.2) is 18.2 Å². The Morgan fingerprint density at radius 3 is 2.31 bits per heavy atom. The van der Waals surface area contributed by atoms with Gasteiger partial charge < -0.3 is 0 Å². The van der Waals surface area contributed by atoms with Crippen molar-refractivity contribution >= 4 is 0 Å². The van der Waals surface area contributed by atoms with Crippen LogP contribution < -0.4 is 0 Å². The molecule has 1 aromatic carbocycles. The van der Waals surface area contributed by atoms with Gasteiger partial charge in [0.05, 0.1) is 0 Å². The molecule has 0 atom stereocenters. The van der Waals surface area contributed by atoms with E-state index in [2.05, 4.69) is 25.1 Å². The van der Waals surface area contributed by atoms with Crippen molar-refractivity contribution in [2.24, 2.45) is 0 Å². The predicted octanol–water partition coefficient (Wildman–Crippen LogP) is 3.62. The molecule has 13 heavy (non-hydrogen) atoms. The molecule has 1 aromatic rings. The SMILES string of the molecule is [CH2]c1cccc(C2CC2)c1C1CC1. The van der Waals surface area contributed by atoms with Crippen molar-refractivity contribution in [1.29, 1.82) is 0 Å². The average molecular weight is 171 g/mol. The van der Waals surface area contributed by atoms with Crippen molar-refractivity contribution in [2.75, 3.05) is 0 Å². The molecule has 0 aliphatic heterocycles. The van der Waals surface area contributed by atoms with Crippen molar-refractivity contribution in [2.45, 2.75) is 37.5 Å². The minimum absolute atomic E-state index is 0.865. The highest BCUT2D eigenvalue weighted by atomic mass is 14.4. The quantitative estimate of drug-likeness (QED) is 0.637. The third-order valence-electron chi connectivity index (χ3n) is 3.23. The molecule has 2 saturated carbocycles. The molecule has 1 radical (unpaired) electrons. The molecule has 0 aromatic heterocycles. The highest BCUT2D eigenvalue weighted by Crippen LogP contribution is 2.50. The summed E-state index contributed by atoms with van der Waals surface area (Å²) in [7, 11) is 0. The van der Waals surface area contributed by atoms with Crippen LogP contribution in [-0.4, -0.2) is 0 Å². The van der Waals surface area contributed by atoms with Gasteiger partial charge in [0.1, 0.15) is 0 Å². The highest BCUT2D eigenvalue weighted by molar-refractivity contribution is 5.45. The van der Waals surface area contributed by atoms with Crippen LogP contribution in [0.25, 0.3) is 0 Å². The number of rotatable bonds is 2. The zero-order chi connectivity index (χ0) is 8.84. The summed E-state index contributed by atoms with van der Waals surface area (Å²) >= 11 is 0. The number of benzene rings is 1. The molecule has 2 aliphatic carbocycles. The Morgan fingerprint density at radius 1 is 1.00 bits per heavy atom. The third kappa shape index (κ3) is 1.29. The van der Waals surface area contributed by atoms with Crippen LogP contribution in [0.5, 0.6) is 0 Å². The Bertz CT molecular complexity index is 330. The Labute approximate surface area is 80.0 Å². The van der Waals surface area contributed by atoms with Gasteiger partial charge in [0.15, 0.2) is 0 Å². The first-order valence-electron chi connectivity index (χ1n) is 5.31. The van der Waals surface area contributed by atoms with Gasteiger partial charge in [0.25, 0.3) is 0 Å². The Kier molecular flexibility index (Phi) is 1.52. The van der Waals surface area contributed by atoms with Crippen molar-refractivity contribution in [3.8, 4) is 0 Å². The molecule has 0 bridgehead atoms. The van der Waals surface area contributed by atoms with Crippen LogP contribution in [0.1, 0.15) is 54.2 Å². The number of hydrogen-bond acceptors (Lipinski definition) is 0. The molecule has 3 rings (SSSR count). The van der Waals surface area contributed by atoms with E-state index in [1.165, 1.54) is 31.2 Å². The normalized spacial score (nSPS) is 21.9. The van der Waals surface area contributed by atoms with E-state index in [0.29, 0.717) is 0 Å². The minimum Gasteiger partial charge on any atom is -0.0617 e. The van der Waals surface area contributed by atoms with Crippen molar-refractivity contribution in [3.05, 3.63) is 41.8 Å². The van der Waals surface area contributed by atoms with Gasteiger partial charge in [-0.3, -0.25) is 0 Å². The summed E-state index contributed by atoms with van der Waals surface area (Å²) in [5.74, 6) is 1.75. The van der Waals surface area contributed by atoms with E-state index in [1.54, 1.807) is 11.1 Å². The molecule has 0 spiro atoms. The van der Waals surface area contributed by atoms with Crippen molar-refractivity contribution in [1.82, 2.24) is 0 Å². The zero-order valence-electron chi connectivity index (χ0n) is 7.92. The van der Waals surface area contributed by atoms with Gasteiger partial charge in [-0.1, -0.05) is 18.2 Å². The first-order valence-corrected chi connectivity index (χ1v) is 5.31. The molecule has 67 valence electrons. The summed E-state index contributed by atoms with van der Waals surface area (Å²) in [6.45, 7) is 4.15. The van der Waals surface area contributed by atoms with E-state index < -0.39 is 0 Å². The topological polar surface area (TPSA) is 0 Å². The molecule has 0 N–H and O–H groups in total. The largest absolute Gasteiger partial charge is 0.0617 e. The molecule has 2 aliphatic rings. The maximum Gasteiger partial charge on any atom is -0.0156 e.